The highest BCUT2D eigenvalue weighted by Gasteiger charge is 2.13. The smallest absolute Gasteiger partial charge is 0.266 e. The van der Waals surface area contributed by atoms with Gasteiger partial charge in [-0.15, -0.1) is 0 Å². The van der Waals surface area contributed by atoms with Gasteiger partial charge in [-0.3, -0.25) is 4.18 Å². The quantitative estimate of drug-likeness (QED) is 0.218. The molecule has 0 bridgehead atoms. The molecule has 0 atom stereocenters. The van der Waals surface area contributed by atoms with E-state index in [4.69, 9.17) is 4.18 Å². The molecule has 0 aliphatic heterocycles. The predicted octanol–water partition coefficient (Wildman–Crippen LogP) is 5.65. The molecular weight excluding hydrogens is 396 g/mol. The molecule has 0 saturated heterocycles. The molecule has 1 aromatic carbocycles. The third-order valence-electron chi connectivity index (χ3n) is 4.96. The highest BCUT2D eigenvalue weighted by atomic mass is 32.2. The molecule has 0 radical (unpaired) electrons. The van der Waals surface area contributed by atoms with Crippen LogP contribution in [0, 0.1) is 0 Å². The summed E-state index contributed by atoms with van der Waals surface area (Å²) in [5, 5.41) is 0. The molecule has 0 aliphatic rings. The van der Waals surface area contributed by atoms with Gasteiger partial charge >= 0.3 is 0 Å². The van der Waals surface area contributed by atoms with Crippen LogP contribution in [0.2, 0.25) is 0 Å². The Bertz CT molecular complexity index is 758. The zero-order valence-corrected chi connectivity index (χ0v) is 19.9. The van der Waals surface area contributed by atoms with E-state index in [1.165, 1.54) is 51.4 Å². The van der Waals surface area contributed by atoms with Gasteiger partial charge in [0.05, 0.1) is 25.1 Å². The van der Waals surface area contributed by atoms with Gasteiger partial charge < -0.3 is 0 Å². The highest BCUT2D eigenvalue weighted by molar-refractivity contribution is 7.86. The van der Waals surface area contributed by atoms with Crippen molar-refractivity contribution in [1.82, 2.24) is 4.57 Å². The van der Waals surface area contributed by atoms with E-state index in [1.54, 1.807) is 30.3 Å². The maximum Gasteiger partial charge on any atom is 0.296 e. The second kappa shape index (κ2) is 16.1. The third kappa shape index (κ3) is 12.1. The SMILES string of the molecule is CCCCCCCCCCCCOS(=O)(=O)c1ccccc1.CCn1cc[n+](C)c1. The summed E-state index contributed by atoms with van der Waals surface area (Å²) >= 11 is 0. The molecule has 30 heavy (non-hydrogen) atoms. The summed E-state index contributed by atoms with van der Waals surface area (Å²) in [6, 6.07) is 8.33. The predicted molar refractivity (Wildman–Crippen MR) is 123 cm³/mol. The van der Waals surface area contributed by atoms with Gasteiger partial charge in [0.15, 0.2) is 0 Å². The summed E-state index contributed by atoms with van der Waals surface area (Å²) in [5.41, 5.74) is 0. The first-order valence-electron chi connectivity index (χ1n) is 11.4. The van der Waals surface area contributed by atoms with Crippen molar-refractivity contribution in [2.24, 2.45) is 7.05 Å². The Morgan fingerprint density at radius 3 is 1.90 bits per heavy atom. The fraction of sp³-hybridized carbons (Fsp3) is 0.625. The Hall–Kier alpha value is -1.66. The molecule has 2 rings (SSSR count). The van der Waals surface area contributed by atoms with Gasteiger partial charge in [-0.2, -0.15) is 8.42 Å². The number of hydrogen-bond acceptors (Lipinski definition) is 3. The molecule has 1 heterocycles. The van der Waals surface area contributed by atoms with Crippen LogP contribution in [-0.2, 0) is 27.9 Å². The molecule has 0 spiro atoms. The summed E-state index contributed by atoms with van der Waals surface area (Å²) in [6.45, 7) is 5.70. The van der Waals surface area contributed by atoms with Crippen LogP contribution in [0.5, 0.6) is 0 Å². The molecule has 0 unspecified atom stereocenters. The third-order valence-corrected chi connectivity index (χ3v) is 6.28. The van der Waals surface area contributed by atoms with Gasteiger partial charge in [0.1, 0.15) is 12.4 Å². The molecule has 0 saturated carbocycles. The van der Waals surface area contributed by atoms with E-state index in [9.17, 15) is 8.42 Å². The van der Waals surface area contributed by atoms with Crippen molar-refractivity contribution < 1.29 is 17.2 Å². The van der Waals surface area contributed by atoms with Gasteiger partial charge in [-0.25, -0.2) is 9.13 Å². The Labute approximate surface area is 184 Å². The number of unbranched alkanes of at least 4 members (excludes halogenated alkanes) is 9. The first-order chi connectivity index (χ1) is 14.5. The van der Waals surface area contributed by atoms with Gasteiger partial charge in [-0.05, 0) is 25.5 Å². The Balaban J connectivity index is 0.000000467. The zero-order valence-electron chi connectivity index (χ0n) is 19.1. The number of imidazole rings is 1. The van der Waals surface area contributed by atoms with E-state index < -0.39 is 10.1 Å². The summed E-state index contributed by atoms with van der Waals surface area (Å²) in [4.78, 5) is 0.238. The normalized spacial score (nSPS) is 11.2. The van der Waals surface area contributed by atoms with Gasteiger partial charge in [-0.1, -0.05) is 82.9 Å². The first kappa shape index (κ1) is 26.4. The van der Waals surface area contributed by atoms with Crippen LogP contribution >= 0.6 is 0 Å². The van der Waals surface area contributed by atoms with Crippen LogP contribution in [-0.4, -0.2) is 19.6 Å². The highest BCUT2D eigenvalue weighted by Crippen LogP contribution is 2.13. The van der Waals surface area contributed by atoms with Crippen LogP contribution in [0.3, 0.4) is 0 Å². The molecule has 6 heteroatoms. The minimum Gasteiger partial charge on any atom is -0.266 e. The Morgan fingerprint density at radius 2 is 1.43 bits per heavy atom. The lowest BCUT2D eigenvalue weighted by Crippen LogP contribution is -2.23. The second-order valence-electron chi connectivity index (χ2n) is 7.68. The van der Waals surface area contributed by atoms with Crippen LogP contribution in [0.25, 0.3) is 0 Å². The molecule has 5 nitrogen and oxygen atoms in total. The fourth-order valence-electron chi connectivity index (χ4n) is 3.10. The molecule has 2 aromatic rings. The fourth-order valence-corrected chi connectivity index (χ4v) is 4.07. The summed E-state index contributed by atoms with van der Waals surface area (Å²) in [6.07, 6.45) is 18.4. The van der Waals surface area contributed by atoms with Crippen molar-refractivity contribution >= 4 is 10.1 Å². The van der Waals surface area contributed by atoms with Gasteiger partial charge in [0.25, 0.3) is 10.1 Å². The summed E-state index contributed by atoms with van der Waals surface area (Å²) < 4.78 is 33.0. The molecule has 0 fully saturated rings. The summed E-state index contributed by atoms with van der Waals surface area (Å²) in [5.74, 6) is 0. The maximum absolute atomic E-state index is 11.9. The van der Waals surface area contributed by atoms with E-state index in [-0.39, 0.29) is 11.5 Å². The second-order valence-corrected chi connectivity index (χ2v) is 9.30. The first-order valence-corrected chi connectivity index (χ1v) is 12.9. The largest absolute Gasteiger partial charge is 0.296 e. The van der Waals surface area contributed by atoms with Crippen LogP contribution < -0.4 is 4.57 Å². The number of rotatable bonds is 14. The number of nitrogens with zero attached hydrogens (tertiary/aromatic N) is 2. The molecule has 1 aromatic heterocycles. The topological polar surface area (TPSA) is 52.2 Å². The molecule has 170 valence electrons. The lowest BCUT2D eigenvalue weighted by molar-refractivity contribution is -0.671. The minimum atomic E-state index is -3.57. The Kier molecular flexibility index (Phi) is 14.1. The van der Waals surface area contributed by atoms with E-state index >= 15 is 0 Å². The van der Waals surface area contributed by atoms with E-state index in [0.29, 0.717) is 0 Å². The van der Waals surface area contributed by atoms with Crippen molar-refractivity contribution in [3.05, 3.63) is 49.1 Å². The maximum atomic E-state index is 11.9. The van der Waals surface area contributed by atoms with Crippen molar-refractivity contribution in [3.8, 4) is 0 Å². The Morgan fingerprint density at radius 1 is 0.867 bits per heavy atom. The van der Waals surface area contributed by atoms with Crippen LogP contribution in [0.1, 0.15) is 78.1 Å². The number of hydrogen-bond donors (Lipinski definition) is 0. The van der Waals surface area contributed by atoms with Crippen LogP contribution in [0.4, 0.5) is 0 Å². The summed E-state index contributed by atoms with van der Waals surface area (Å²) in [7, 11) is -1.55. The van der Waals surface area contributed by atoms with Crippen molar-refractivity contribution in [1.29, 1.82) is 0 Å². The average molecular weight is 438 g/mol. The average Bonchev–Trinajstić information content (AvgIpc) is 3.18. The number of aromatic nitrogens is 2. The number of aryl methyl sites for hydroxylation is 2. The molecule has 0 aliphatic carbocycles. The van der Waals surface area contributed by atoms with Gasteiger partial charge in [0, 0.05) is 0 Å². The monoisotopic (exact) mass is 437 g/mol. The molecule has 0 N–H and O–H groups in total. The van der Waals surface area contributed by atoms with Crippen molar-refractivity contribution in [3.63, 3.8) is 0 Å². The molecular formula is C24H41N2O3S+. The standard InChI is InChI=1S/C18H30O3S.C6H11N2/c1-2-3-4-5-6-7-8-9-10-14-17-21-22(19,20)18-15-12-11-13-16-18;1-3-8-5-4-7(2)6-8/h11-13,15-16H,2-10,14,17H2,1H3;4-6H,3H2,1-2H3/q;+1. The number of benzene rings is 1. The molecule has 0 amide bonds. The van der Waals surface area contributed by atoms with Gasteiger partial charge in [0.2, 0.25) is 6.33 Å². The van der Waals surface area contributed by atoms with Crippen molar-refractivity contribution in [2.45, 2.75) is 89.5 Å². The zero-order chi connectivity index (χ0) is 22.1. The van der Waals surface area contributed by atoms with E-state index in [1.807, 2.05) is 17.8 Å². The van der Waals surface area contributed by atoms with E-state index in [0.717, 1.165) is 19.4 Å². The van der Waals surface area contributed by atoms with Crippen LogP contribution in [0.15, 0.2) is 53.9 Å². The van der Waals surface area contributed by atoms with Crippen molar-refractivity contribution in [2.75, 3.05) is 6.61 Å². The lowest BCUT2D eigenvalue weighted by Gasteiger charge is -2.05. The van der Waals surface area contributed by atoms with E-state index in [2.05, 4.69) is 30.9 Å². The minimum absolute atomic E-state index is 0.238. The lowest BCUT2D eigenvalue weighted by atomic mass is 10.1.